The van der Waals surface area contributed by atoms with E-state index in [1.165, 1.54) is 18.3 Å². The zero-order chi connectivity index (χ0) is 10.1. The van der Waals surface area contributed by atoms with Crippen molar-refractivity contribution in [2.24, 2.45) is 0 Å². The Bertz CT molecular complexity index is 447. The zero-order valence-corrected chi connectivity index (χ0v) is 8.40. The highest BCUT2D eigenvalue weighted by Crippen LogP contribution is 2.27. The van der Waals surface area contributed by atoms with Gasteiger partial charge in [-0.1, -0.05) is 23.2 Å². The second-order valence-electron chi connectivity index (χ2n) is 2.75. The first-order valence-electron chi connectivity index (χ1n) is 3.82. The summed E-state index contributed by atoms with van der Waals surface area (Å²) < 4.78 is 13.0. The summed E-state index contributed by atoms with van der Waals surface area (Å²) in [5.41, 5.74) is 1.14. The number of H-pyrrole nitrogens is 1. The van der Waals surface area contributed by atoms with Crippen LogP contribution in [0.5, 0.6) is 0 Å². The molecule has 1 aromatic carbocycles. The quantitative estimate of drug-likeness (QED) is 0.798. The lowest BCUT2D eigenvalue weighted by molar-refractivity contribution is 0.628. The van der Waals surface area contributed by atoms with Gasteiger partial charge in [-0.05, 0) is 18.2 Å². The molecule has 0 atom stereocenters. The zero-order valence-electron chi connectivity index (χ0n) is 6.89. The SMILES string of the molecule is Fc1cc(Cl)cc(-c2[nH]ncc2Cl)c1. The van der Waals surface area contributed by atoms with Crippen molar-refractivity contribution < 1.29 is 4.39 Å². The van der Waals surface area contributed by atoms with Gasteiger partial charge in [-0.15, -0.1) is 0 Å². The van der Waals surface area contributed by atoms with Crippen LogP contribution in [0.4, 0.5) is 4.39 Å². The molecule has 0 saturated carbocycles. The molecule has 0 unspecified atom stereocenters. The van der Waals surface area contributed by atoms with E-state index < -0.39 is 5.82 Å². The predicted octanol–water partition coefficient (Wildman–Crippen LogP) is 3.52. The average Bonchev–Trinajstić information content (AvgIpc) is 2.49. The summed E-state index contributed by atoms with van der Waals surface area (Å²) in [5, 5.41) is 7.17. The number of aromatic amines is 1. The fraction of sp³-hybridized carbons (Fsp3) is 0. The van der Waals surface area contributed by atoms with Gasteiger partial charge in [0.25, 0.3) is 0 Å². The van der Waals surface area contributed by atoms with Crippen LogP contribution in [0.25, 0.3) is 11.3 Å². The number of hydrogen-bond acceptors (Lipinski definition) is 1. The first-order valence-corrected chi connectivity index (χ1v) is 4.58. The van der Waals surface area contributed by atoms with Crippen molar-refractivity contribution in [1.29, 1.82) is 0 Å². The van der Waals surface area contributed by atoms with Crippen LogP contribution in [0.1, 0.15) is 0 Å². The van der Waals surface area contributed by atoms with Crippen LogP contribution in [0.2, 0.25) is 10.0 Å². The molecule has 14 heavy (non-hydrogen) atoms. The summed E-state index contributed by atoms with van der Waals surface area (Å²) >= 11 is 11.5. The van der Waals surface area contributed by atoms with Gasteiger partial charge in [0.2, 0.25) is 0 Å². The van der Waals surface area contributed by atoms with Crippen LogP contribution >= 0.6 is 23.2 Å². The van der Waals surface area contributed by atoms with Crippen LogP contribution in [0.3, 0.4) is 0 Å². The maximum Gasteiger partial charge on any atom is 0.125 e. The summed E-state index contributed by atoms with van der Waals surface area (Å²) in [4.78, 5) is 0. The molecule has 0 bridgehead atoms. The molecule has 1 aromatic heterocycles. The molecule has 2 aromatic rings. The first-order chi connectivity index (χ1) is 6.66. The van der Waals surface area contributed by atoms with Crippen LogP contribution in [0, 0.1) is 5.82 Å². The largest absolute Gasteiger partial charge is 0.276 e. The third kappa shape index (κ3) is 1.74. The Labute approximate surface area is 89.7 Å². The maximum atomic E-state index is 13.0. The van der Waals surface area contributed by atoms with Crippen molar-refractivity contribution in [3.8, 4) is 11.3 Å². The van der Waals surface area contributed by atoms with Gasteiger partial charge in [0.05, 0.1) is 16.9 Å². The van der Waals surface area contributed by atoms with Gasteiger partial charge in [0.1, 0.15) is 5.82 Å². The molecular weight excluding hydrogens is 226 g/mol. The molecule has 0 aliphatic heterocycles. The van der Waals surface area contributed by atoms with E-state index in [0.717, 1.165) is 0 Å². The minimum absolute atomic E-state index is 0.325. The van der Waals surface area contributed by atoms with Gasteiger partial charge in [-0.3, -0.25) is 5.10 Å². The average molecular weight is 231 g/mol. The number of halogens is 3. The van der Waals surface area contributed by atoms with Crippen LogP contribution < -0.4 is 0 Å². The van der Waals surface area contributed by atoms with Crippen molar-refractivity contribution in [1.82, 2.24) is 10.2 Å². The number of nitrogens with one attached hydrogen (secondary N) is 1. The molecule has 0 radical (unpaired) electrons. The lowest BCUT2D eigenvalue weighted by Crippen LogP contribution is -1.82. The monoisotopic (exact) mass is 230 g/mol. The van der Waals surface area contributed by atoms with Crippen molar-refractivity contribution in [3.05, 3.63) is 40.3 Å². The molecule has 0 saturated heterocycles. The number of nitrogens with zero attached hydrogens (tertiary/aromatic N) is 1. The molecule has 0 fully saturated rings. The summed E-state index contributed by atoms with van der Waals surface area (Å²) in [7, 11) is 0. The van der Waals surface area contributed by atoms with E-state index >= 15 is 0 Å². The normalized spacial score (nSPS) is 10.5. The van der Waals surface area contributed by atoms with Crippen molar-refractivity contribution in [2.75, 3.05) is 0 Å². The fourth-order valence-corrected chi connectivity index (χ4v) is 1.59. The molecule has 0 amide bonds. The molecule has 1 heterocycles. The van der Waals surface area contributed by atoms with E-state index in [-0.39, 0.29) is 0 Å². The second-order valence-corrected chi connectivity index (χ2v) is 3.59. The maximum absolute atomic E-state index is 13.0. The third-order valence-electron chi connectivity index (χ3n) is 1.74. The minimum atomic E-state index is -0.404. The Morgan fingerprint density at radius 2 is 2.00 bits per heavy atom. The van der Waals surface area contributed by atoms with Gasteiger partial charge in [-0.2, -0.15) is 5.10 Å². The number of benzene rings is 1. The van der Waals surface area contributed by atoms with Crippen molar-refractivity contribution in [3.63, 3.8) is 0 Å². The van der Waals surface area contributed by atoms with Gasteiger partial charge in [0.15, 0.2) is 0 Å². The van der Waals surface area contributed by atoms with Gasteiger partial charge in [0, 0.05) is 10.6 Å². The molecule has 72 valence electrons. The van der Waals surface area contributed by atoms with Crippen LogP contribution in [-0.2, 0) is 0 Å². The number of hydrogen-bond donors (Lipinski definition) is 1. The predicted molar refractivity (Wildman–Crippen MR) is 54.0 cm³/mol. The Hall–Kier alpha value is -1.06. The minimum Gasteiger partial charge on any atom is -0.276 e. The van der Waals surface area contributed by atoms with Gasteiger partial charge in [-0.25, -0.2) is 4.39 Å². The summed E-state index contributed by atoms with van der Waals surface area (Å²) in [5.74, 6) is -0.404. The Morgan fingerprint density at radius 1 is 1.21 bits per heavy atom. The first kappa shape index (κ1) is 9.49. The highest BCUT2D eigenvalue weighted by Gasteiger charge is 2.07. The highest BCUT2D eigenvalue weighted by molar-refractivity contribution is 6.33. The van der Waals surface area contributed by atoms with E-state index in [1.54, 1.807) is 6.07 Å². The van der Waals surface area contributed by atoms with E-state index in [4.69, 9.17) is 23.2 Å². The lowest BCUT2D eigenvalue weighted by Gasteiger charge is -1.99. The van der Waals surface area contributed by atoms with E-state index in [9.17, 15) is 4.39 Å². The highest BCUT2D eigenvalue weighted by atomic mass is 35.5. The molecule has 5 heteroatoms. The van der Waals surface area contributed by atoms with E-state index in [1.807, 2.05) is 0 Å². The number of rotatable bonds is 1. The smallest absolute Gasteiger partial charge is 0.125 e. The Kier molecular flexibility index (Phi) is 2.44. The molecule has 0 aliphatic carbocycles. The van der Waals surface area contributed by atoms with E-state index in [2.05, 4.69) is 10.2 Å². The molecule has 2 rings (SSSR count). The molecule has 0 spiro atoms. The van der Waals surface area contributed by atoms with Crippen molar-refractivity contribution in [2.45, 2.75) is 0 Å². The molecule has 0 aliphatic rings. The fourth-order valence-electron chi connectivity index (χ4n) is 1.17. The second kappa shape index (κ2) is 3.59. The Balaban J connectivity index is 2.57. The van der Waals surface area contributed by atoms with E-state index in [0.29, 0.717) is 21.3 Å². The molecule has 1 N–H and O–H groups in total. The van der Waals surface area contributed by atoms with Crippen LogP contribution in [-0.4, -0.2) is 10.2 Å². The van der Waals surface area contributed by atoms with Crippen LogP contribution in [0.15, 0.2) is 24.4 Å². The van der Waals surface area contributed by atoms with Gasteiger partial charge < -0.3 is 0 Å². The topological polar surface area (TPSA) is 28.7 Å². The standard InChI is InChI=1S/C9H5Cl2FN2/c10-6-1-5(2-7(12)3-6)9-8(11)4-13-14-9/h1-4H,(H,13,14). The van der Waals surface area contributed by atoms with Gasteiger partial charge >= 0.3 is 0 Å². The molecule has 2 nitrogen and oxygen atoms in total. The number of aromatic nitrogens is 2. The van der Waals surface area contributed by atoms with Crippen molar-refractivity contribution >= 4 is 23.2 Å². The Morgan fingerprint density at radius 3 is 2.57 bits per heavy atom. The molecular formula is C9H5Cl2FN2. The summed E-state index contributed by atoms with van der Waals surface area (Å²) in [6, 6.07) is 4.19. The summed E-state index contributed by atoms with van der Waals surface area (Å²) in [6.45, 7) is 0. The summed E-state index contributed by atoms with van der Waals surface area (Å²) in [6.07, 6.45) is 1.45. The third-order valence-corrected chi connectivity index (χ3v) is 2.25. The lowest BCUT2D eigenvalue weighted by atomic mass is 10.1.